The van der Waals surface area contributed by atoms with Crippen molar-refractivity contribution in [2.45, 2.75) is 52.5 Å². The summed E-state index contributed by atoms with van der Waals surface area (Å²) >= 11 is 1.59. The van der Waals surface area contributed by atoms with Crippen molar-refractivity contribution in [3.8, 4) is 5.88 Å². The molecule has 0 spiro atoms. The van der Waals surface area contributed by atoms with E-state index in [1.54, 1.807) is 15.9 Å². The average Bonchev–Trinajstić information content (AvgIpc) is 3.22. The summed E-state index contributed by atoms with van der Waals surface area (Å²) in [6.07, 6.45) is 4.36. The molecule has 0 saturated carbocycles. The van der Waals surface area contributed by atoms with Crippen LogP contribution in [-0.4, -0.2) is 32.8 Å². The molecule has 3 atom stereocenters. The molecule has 1 aliphatic rings. The Hall–Kier alpha value is -1.92. The molecule has 1 unspecified atom stereocenters. The highest BCUT2D eigenvalue weighted by Gasteiger charge is 2.35. The van der Waals surface area contributed by atoms with Gasteiger partial charge in [-0.25, -0.2) is 4.98 Å². The lowest BCUT2D eigenvalue weighted by Crippen LogP contribution is -3.13. The van der Waals surface area contributed by atoms with Crippen molar-refractivity contribution >= 4 is 16.3 Å². The first-order valence-corrected chi connectivity index (χ1v) is 10.9. The first kappa shape index (κ1) is 18.4. The Morgan fingerprint density at radius 1 is 1.26 bits per heavy atom. The van der Waals surface area contributed by atoms with Gasteiger partial charge in [0.2, 0.25) is 10.8 Å². The maximum atomic E-state index is 11.0. The number of likely N-dealkylation sites (tertiary alicyclic amines) is 1. The predicted octanol–water partition coefficient (Wildman–Crippen LogP) is 3.03. The van der Waals surface area contributed by atoms with Crippen molar-refractivity contribution in [2.75, 3.05) is 13.1 Å². The largest absolute Gasteiger partial charge is 0.492 e. The number of hydrogen-bond acceptors (Lipinski definition) is 4. The molecule has 2 N–H and O–H groups in total. The first-order valence-electron chi connectivity index (χ1n) is 10.1. The van der Waals surface area contributed by atoms with Gasteiger partial charge in [0.25, 0.3) is 0 Å². The van der Waals surface area contributed by atoms with E-state index < -0.39 is 0 Å². The number of aryl methyl sites for hydroxylation is 2. The highest BCUT2D eigenvalue weighted by atomic mass is 32.1. The quantitative estimate of drug-likeness (QED) is 0.710. The standard InChI is InChI=1S/C21H28N4OS/c1-4-15-8-10-16(11-9-15)18(24-12-6-7-14(3)13-24)19-20(26)25-21(27-19)22-17(5-2)23-25/h8-11,14,18,26H,4-7,12-13H2,1-3H3/p+1/t14-,18-/m0/s1. The van der Waals surface area contributed by atoms with E-state index in [4.69, 9.17) is 0 Å². The van der Waals surface area contributed by atoms with Gasteiger partial charge in [-0.15, -0.1) is 5.10 Å². The number of quaternary nitrogens is 1. The maximum Gasteiger partial charge on any atom is 0.235 e. The van der Waals surface area contributed by atoms with E-state index in [2.05, 4.69) is 48.2 Å². The van der Waals surface area contributed by atoms with E-state index in [0.717, 1.165) is 41.6 Å². The molecule has 1 aliphatic heterocycles. The maximum absolute atomic E-state index is 11.0. The normalized spacial score (nSPS) is 21.6. The first-order chi connectivity index (χ1) is 13.1. The Bertz CT molecular complexity index is 914. The van der Waals surface area contributed by atoms with Crippen molar-refractivity contribution in [2.24, 2.45) is 5.92 Å². The van der Waals surface area contributed by atoms with Gasteiger partial charge in [-0.05, 0) is 24.8 Å². The van der Waals surface area contributed by atoms with E-state index in [-0.39, 0.29) is 11.9 Å². The molecule has 3 aromatic rings. The molecule has 0 amide bonds. The van der Waals surface area contributed by atoms with Crippen LogP contribution in [0.25, 0.3) is 4.96 Å². The number of piperidine rings is 1. The van der Waals surface area contributed by atoms with Crippen molar-refractivity contribution in [3.05, 3.63) is 46.1 Å². The summed E-state index contributed by atoms with van der Waals surface area (Å²) in [6, 6.07) is 9.05. The molecule has 3 heterocycles. The fourth-order valence-electron chi connectivity index (χ4n) is 4.24. The highest BCUT2D eigenvalue weighted by molar-refractivity contribution is 7.17. The Balaban J connectivity index is 1.79. The number of benzene rings is 1. The molecule has 144 valence electrons. The molecule has 0 aliphatic carbocycles. The summed E-state index contributed by atoms with van der Waals surface area (Å²) in [5.41, 5.74) is 2.62. The number of hydrogen-bond donors (Lipinski definition) is 2. The van der Waals surface area contributed by atoms with Crippen LogP contribution in [0.15, 0.2) is 24.3 Å². The zero-order valence-corrected chi connectivity index (χ0v) is 17.2. The van der Waals surface area contributed by atoms with Gasteiger partial charge in [-0.1, -0.05) is 56.4 Å². The van der Waals surface area contributed by atoms with Crippen molar-refractivity contribution < 1.29 is 10.0 Å². The topological polar surface area (TPSA) is 54.9 Å². The van der Waals surface area contributed by atoms with E-state index in [9.17, 15) is 5.11 Å². The molecule has 1 aromatic carbocycles. The molecule has 27 heavy (non-hydrogen) atoms. The van der Waals surface area contributed by atoms with Crippen LogP contribution < -0.4 is 4.90 Å². The summed E-state index contributed by atoms with van der Waals surface area (Å²) < 4.78 is 1.62. The van der Waals surface area contributed by atoms with E-state index >= 15 is 0 Å². The molecule has 2 aromatic heterocycles. The molecule has 5 nitrogen and oxygen atoms in total. The minimum Gasteiger partial charge on any atom is -0.492 e. The molecule has 4 rings (SSSR count). The van der Waals surface area contributed by atoms with E-state index in [1.807, 2.05) is 6.92 Å². The summed E-state index contributed by atoms with van der Waals surface area (Å²) in [5, 5.41) is 15.5. The lowest BCUT2D eigenvalue weighted by molar-refractivity contribution is -0.933. The van der Waals surface area contributed by atoms with Gasteiger partial charge in [-0.3, -0.25) is 0 Å². The van der Waals surface area contributed by atoms with Gasteiger partial charge in [0, 0.05) is 17.9 Å². The van der Waals surface area contributed by atoms with Gasteiger partial charge in [0.15, 0.2) is 11.9 Å². The van der Waals surface area contributed by atoms with E-state index in [1.165, 1.54) is 28.9 Å². The predicted molar refractivity (Wildman–Crippen MR) is 109 cm³/mol. The molecule has 0 bridgehead atoms. The van der Waals surface area contributed by atoms with Crippen LogP contribution in [0.5, 0.6) is 5.88 Å². The summed E-state index contributed by atoms with van der Waals surface area (Å²) in [6.45, 7) is 8.83. The highest BCUT2D eigenvalue weighted by Crippen LogP contribution is 2.35. The third kappa shape index (κ3) is 3.48. The summed E-state index contributed by atoms with van der Waals surface area (Å²) in [4.78, 5) is 7.89. The van der Waals surface area contributed by atoms with Crippen molar-refractivity contribution in [3.63, 3.8) is 0 Å². The number of rotatable bonds is 5. The SMILES string of the molecule is CCc1ccc([C@@H](c2sc3nc(CC)nn3c2O)[NH+]2CCC[C@H](C)C2)cc1. The summed E-state index contributed by atoms with van der Waals surface area (Å²) in [5.74, 6) is 1.76. The Kier molecular flexibility index (Phi) is 5.19. The van der Waals surface area contributed by atoms with Crippen LogP contribution in [0.1, 0.15) is 61.5 Å². The van der Waals surface area contributed by atoms with Crippen LogP contribution >= 0.6 is 11.3 Å². The Morgan fingerprint density at radius 3 is 2.67 bits per heavy atom. The monoisotopic (exact) mass is 385 g/mol. The minimum absolute atomic E-state index is 0.136. The third-order valence-electron chi connectivity index (χ3n) is 5.76. The van der Waals surface area contributed by atoms with Gasteiger partial charge in [0.05, 0.1) is 13.1 Å². The van der Waals surface area contributed by atoms with Gasteiger partial charge < -0.3 is 10.0 Å². The second-order valence-corrected chi connectivity index (χ2v) is 8.76. The fraction of sp³-hybridized carbons (Fsp3) is 0.524. The lowest BCUT2D eigenvalue weighted by Gasteiger charge is -2.34. The summed E-state index contributed by atoms with van der Waals surface area (Å²) in [7, 11) is 0. The zero-order chi connectivity index (χ0) is 19.0. The molecule has 1 fully saturated rings. The Morgan fingerprint density at radius 2 is 2.04 bits per heavy atom. The van der Waals surface area contributed by atoms with Crippen LogP contribution in [0, 0.1) is 5.92 Å². The van der Waals surface area contributed by atoms with Crippen LogP contribution in [0.4, 0.5) is 0 Å². The van der Waals surface area contributed by atoms with E-state index in [0.29, 0.717) is 5.92 Å². The average molecular weight is 386 g/mol. The number of aromatic nitrogens is 3. The fourth-order valence-corrected chi connectivity index (χ4v) is 5.40. The molecular weight excluding hydrogens is 356 g/mol. The second-order valence-electron chi connectivity index (χ2n) is 7.75. The molecule has 6 heteroatoms. The number of fused-ring (bicyclic) bond motifs is 1. The van der Waals surface area contributed by atoms with Crippen LogP contribution in [0.3, 0.4) is 0 Å². The molecular formula is C21H29N4OS+. The zero-order valence-electron chi connectivity index (χ0n) is 16.4. The van der Waals surface area contributed by atoms with Crippen molar-refractivity contribution in [1.29, 1.82) is 0 Å². The van der Waals surface area contributed by atoms with Gasteiger partial charge >= 0.3 is 0 Å². The Labute approximate surface area is 164 Å². The number of nitrogens with one attached hydrogen (secondary N) is 1. The third-order valence-corrected chi connectivity index (χ3v) is 6.84. The molecule has 0 radical (unpaired) electrons. The number of aromatic hydroxyl groups is 1. The lowest BCUT2D eigenvalue weighted by atomic mass is 9.95. The molecule has 1 saturated heterocycles. The van der Waals surface area contributed by atoms with Crippen molar-refractivity contribution in [1.82, 2.24) is 14.6 Å². The van der Waals surface area contributed by atoms with Crippen LogP contribution in [0.2, 0.25) is 0 Å². The van der Waals surface area contributed by atoms with Gasteiger partial charge in [-0.2, -0.15) is 4.52 Å². The second kappa shape index (κ2) is 7.60. The number of thiazole rings is 1. The minimum atomic E-state index is 0.136. The number of nitrogens with zero attached hydrogens (tertiary/aromatic N) is 3. The smallest absolute Gasteiger partial charge is 0.235 e. The van der Waals surface area contributed by atoms with Crippen LogP contribution in [-0.2, 0) is 12.8 Å². The van der Waals surface area contributed by atoms with Gasteiger partial charge in [0.1, 0.15) is 4.88 Å².